The first-order chi connectivity index (χ1) is 19.0. The SMILES string of the molecule is CCCCCCCCCCCCCCOc1cc(Cl)ccc1CC(=O)Nc1cccc(C[n+]2csc(C)c2)c1. The van der Waals surface area contributed by atoms with Gasteiger partial charge in [-0.1, -0.05) is 119 Å². The first-order valence-electron chi connectivity index (χ1n) is 14.8. The number of hydrogen-bond acceptors (Lipinski definition) is 3. The molecule has 0 aliphatic rings. The fourth-order valence-electron chi connectivity index (χ4n) is 4.80. The molecule has 3 rings (SSSR count). The van der Waals surface area contributed by atoms with E-state index in [0.717, 1.165) is 29.8 Å². The maximum absolute atomic E-state index is 12.9. The third-order valence-corrected chi connectivity index (χ3v) is 8.02. The summed E-state index contributed by atoms with van der Waals surface area (Å²) in [7, 11) is 0. The molecule has 0 bridgehead atoms. The molecule has 0 atom stereocenters. The molecule has 0 radical (unpaired) electrons. The van der Waals surface area contributed by atoms with E-state index in [4.69, 9.17) is 16.3 Å². The van der Waals surface area contributed by atoms with Gasteiger partial charge in [0.25, 0.3) is 0 Å². The Morgan fingerprint density at radius 1 is 0.923 bits per heavy atom. The maximum atomic E-state index is 12.9. The average Bonchev–Trinajstić information content (AvgIpc) is 3.32. The van der Waals surface area contributed by atoms with Crippen molar-refractivity contribution in [2.45, 2.75) is 104 Å². The molecule has 0 aliphatic heterocycles. The topological polar surface area (TPSA) is 42.2 Å². The fourth-order valence-corrected chi connectivity index (χ4v) is 5.59. The van der Waals surface area contributed by atoms with Crippen molar-refractivity contribution >= 4 is 34.5 Å². The summed E-state index contributed by atoms with van der Waals surface area (Å²) in [5.74, 6) is 0.641. The molecule has 0 saturated carbocycles. The molecule has 1 amide bonds. The number of carbonyl (C=O) groups is 1. The Morgan fingerprint density at radius 2 is 1.62 bits per heavy atom. The zero-order valence-electron chi connectivity index (χ0n) is 23.9. The predicted octanol–water partition coefficient (Wildman–Crippen LogP) is 9.31. The van der Waals surface area contributed by atoms with E-state index in [2.05, 4.69) is 41.5 Å². The van der Waals surface area contributed by atoms with Crippen LogP contribution in [-0.4, -0.2) is 12.5 Å². The Bertz CT molecular complexity index is 1130. The number of anilines is 1. The standard InChI is InChI=1S/C33H45ClN2O2S/c1-3-4-5-6-7-8-9-10-11-12-13-14-20-38-32-23-30(34)19-18-29(32)22-33(37)35-31-17-15-16-28(21-31)25-36-24-27(2)39-26-36/h15-19,21,23-24,26H,3-14,20,22,25H2,1-2H3/p+1. The molecule has 0 aliphatic carbocycles. The molecular weight excluding hydrogens is 524 g/mol. The minimum atomic E-state index is -0.0660. The monoisotopic (exact) mass is 569 g/mol. The van der Waals surface area contributed by atoms with E-state index in [-0.39, 0.29) is 12.3 Å². The minimum Gasteiger partial charge on any atom is -0.493 e. The molecule has 3 aromatic rings. The van der Waals surface area contributed by atoms with Crippen LogP contribution in [0.3, 0.4) is 0 Å². The highest BCUT2D eigenvalue weighted by Crippen LogP contribution is 2.25. The van der Waals surface area contributed by atoms with Gasteiger partial charge in [-0.2, -0.15) is 4.57 Å². The predicted molar refractivity (Wildman–Crippen MR) is 165 cm³/mol. The second-order valence-corrected chi connectivity index (χ2v) is 12.1. The number of unbranched alkanes of at least 4 members (excludes halogenated alkanes) is 11. The van der Waals surface area contributed by atoms with E-state index in [1.54, 1.807) is 11.3 Å². The van der Waals surface area contributed by atoms with Gasteiger partial charge < -0.3 is 10.1 Å². The maximum Gasteiger partial charge on any atom is 0.228 e. The Morgan fingerprint density at radius 3 is 2.28 bits per heavy atom. The first-order valence-corrected chi connectivity index (χ1v) is 16.0. The van der Waals surface area contributed by atoms with Gasteiger partial charge in [-0.05, 0) is 37.6 Å². The number of hydrogen-bond donors (Lipinski definition) is 1. The Hall–Kier alpha value is -2.37. The highest BCUT2D eigenvalue weighted by atomic mass is 35.5. The molecule has 6 heteroatoms. The van der Waals surface area contributed by atoms with E-state index < -0.39 is 0 Å². The zero-order valence-corrected chi connectivity index (χ0v) is 25.4. The van der Waals surface area contributed by atoms with Crippen molar-refractivity contribution in [2.24, 2.45) is 0 Å². The summed E-state index contributed by atoms with van der Waals surface area (Å²) >= 11 is 7.97. The van der Waals surface area contributed by atoms with Crippen molar-refractivity contribution in [3.8, 4) is 5.75 Å². The van der Waals surface area contributed by atoms with Gasteiger partial charge in [0.05, 0.1) is 17.9 Å². The van der Waals surface area contributed by atoms with E-state index in [1.807, 2.05) is 36.4 Å². The number of thiazole rings is 1. The largest absolute Gasteiger partial charge is 0.493 e. The van der Waals surface area contributed by atoms with Crippen LogP contribution in [0.15, 0.2) is 54.2 Å². The number of halogens is 1. The molecule has 212 valence electrons. The van der Waals surface area contributed by atoms with Gasteiger partial charge in [0.1, 0.15) is 5.75 Å². The molecule has 0 spiro atoms. The summed E-state index contributed by atoms with van der Waals surface area (Å²) in [6, 6.07) is 13.6. The van der Waals surface area contributed by atoms with Crippen LogP contribution in [0.1, 0.15) is 100.0 Å². The number of rotatable bonds is 19. The second kappa shape index (κ2) is 18.1. The van der Waals surface area contributed by atoms with Crippen molar-refractivity contribution < 1.29 is 14.1 Å². The van der Waals surface area contributed by atoms with Crippen LogP contribution in [0.5, 0.6) is 5.75 Å². The summed E-state index contributed by atoms with van der Waals surface area (Å²) < 4.78 is 8.24. The van der Waals surface area contributed by atoms with Gasteiger partial charge >= 0.3 is 0 Å². The highest BCUT2D eigenvalue weighted by Gasteiger charge is 2.12. The van der Waals surface area contributed by atoms with Crippen LogP contribution in [0.2, 0.25) is 5.02 Å². The number of aryl methyl sites for hydroxylation is 1. The van der Waals surface area contributed by atoms with Crippen LogP contribution in [-0.2, 0) is 17.8 Å². The number of nitrogens with one attached hydrogen (secondary N) is 1. The molecule has 0 unspecified atom stereocenters. The molecule has 1 heterocycles. The third kappa shape index (κ3) is 12.6. The van der Waals surface area contributed by atoms with Gasteiger partial charge in [0.15, 0.2) is 12.7 Å². The quantitative estimate of drug-likeness (QED) is 0.115. The van der Waals surface area contributed by atoms with Crippen molar-refractivity contribution in [2.75, 3.05) is 11.9 Å². The summed E-state index contributed by atoms with van der Waals surface area (Å²) in [5.41, 5.74) is 4.92. The highest BCUT2D eigenvalue weighted by molar-refractivity contribution is 7.09. The van der Waals surface area contributed by atoms with Crippen LogP contribution in [0, 0.1) is 6.92 Å². The van der Waals surface area contributed by atoms with Crippen LogP contribution in [0.25, 0.3) is 0 Å². The average molecular weight is 570 g/mol. The van der Waals surface area contributed by atoms with E-state index >= 15 is 0 Å². The molecule has 39 heavy (non-hydrogen) atoms. The zero-order chi connectivity index (χ0) is 27.7. The summed E-state index contributed by atoms with van der Waals surface area (Å²) in [4.78, 5) is 14.2. The number of nitrogens with zero attached hydrogens (tertiary/aromatic N) is 1. The van der Waals surface area contributed by atoms with Gasteiger partial charge in [0.2, 0.25) is 11.4 Å². The lowest BCUT2D eigenvalue weighted by atomic mass is 10.1. The minimum absolute atomic E-state index is 0.0660. The lowest BCUT2D eigenvalue weighted by Gasteiger charge is -2.13. The molecule has 4 nitrogen and oxygen atoms in total. The van der Waals surface area contributed by atoms with Crippen molar-refractivity contribution in [3.05, 3.63) is 75.2 Å². The third-order valence-electron chi connectivity index (χ3n) is 6.93. The van der Waals surface area contributed by atoms with Crippen molar-refractivity contribution in [3.63, 3.8) is 0 Å². The molecule has 1 aromatic heterocycles. The second-order valence-electron chi connectivity index (χ2n) is 10.6. The van der Waals surface area contributed by atoms with Crippen LogP contribution >= 0.6 is 22.9 Å². The molecule has 0 fully saturated rings. The summed E-state index contributed by atoms with van der Waals surface area (Å²) in [6.07, 6.45) is 18.1. The Kier molecular flexibility index (Phi) is 14.4. The Balaban J connectivity index is 1.37. The lowest BCUT2D eigenvalue weighted by molar-refractivity contribution is -0.683. The fraction of sp³-hybridized carbons (Fsp3) is 0.515. The van der Waals surface area contributed by atoms with Crippen molar-refractivity contribution in [1.29, 1.82) is 0 Å². The van der Waals surface area contributed by atoms with Crippen LogP contribution in [0.4, 0.5) is 5.69 Å². The summed E-state index contributed by atoms with van der Waals surface area (Å²) in [5, 5.41) is 3.67. The smallest absolute Gasteiger partial charge is 0.228 e. The number of benzene rings is 2. The van der Waals surface area contributed by atoms with E-state index in [1.165, 1.54) is 75.5 Å². The van der Waals surface area contributed by atoms with Gasteiger partial charge in [0, 0.05) is 21.8 Å². The first kappa shape index (κ1) is 31.2. The van der Waals surface area contributed by atoms with Gasteiger partial charge in [-0.15, -0.1) is 0 Å². The van der Waals surface area contributed by atoms with Gasteiger partial charge in [-0.3, -0.25) is 4.79 Å². The molecule has 0 saturated heterocycles. The normalized spacial score (nSPS) is 11.1. The molecular formula is C33H46ClN2O2S+. The van der Waals surface area contributed by atoms with E-state index in [9.17, 15) is 4.79 Å². The molecule has 2 aromatic carbocycles. The summed E-state index contributed by atoms with van der Waals surface area (Å²) in [6.45, 7) is 5.80. The number of aromatic nitrogens is 1. The van der Waals surface area contributed by atoms with Gasteiger partial charge in [-0.25, -0.2) is 0 Å². The van der Waals surface area contributed by atoms with E-state index in [0.29, 0.717) is 17.4 Å². The number of carbonyl (C=O) groups excluding carboxylic acids is 1. The van der Waals surface area contributed by atoms with Crippen LogP contribution < -0.4 is 14.6 Å². The Labute approximate surface area is 244 Å². The lowest BCUT2D eigenvalue weighted by Crippen LogP contribution is -2.30. The number of ether oxygens (including phenoxy) is 1. The number of amides is 1. The molecule has 1 N–H and O–H groups in total. The van der Waals surface area contributed by atoms with Crippen molar-refractivity contribution in [1.82, 2.24) is 0 Å².